The lowest BCUT2D eigenvalue weighted by molar-refractivity contribution is -0.139. The summed E-state index contributed by atoms with van der Waals surface area (Å²) in [5.41, 5.74) is 1.87. The third kappa shape index (κ3) is 4.99. The van der Waals surface area contributed by atoms with E-state index in [4.69, 9.17) is 26.2 Å². The zero-order valence-corrected chi connectivity index (χ0v) is 15.5. The molecule has 2 aromatic rings. The van der Waals surface area contributed by atoms with E-state index < -0.39 is 12.6 Å². The first-order valence-corrected chi connectivity index (χ1v) is 8.21. The van der Waals surface area contributed by atoms with E-state index in [0.29, 0.717) is 26.4 Å². The third-order valence-electron chi connectivity index (χ3n) is 3.18. The van der Waals surface area contributed by atoms with E-state index in [9.17, 15) is 10.1 Å². The Morgan fingerprint density at radius 3 is 2.60 bits per heavy atom. The molecule has 0 radical (unpaired) electrons. The van der Waals surface area contributed by atoms with Crippen LogP contribution in [-0.2, 0) is 4.79 Å². The highest BCUT2D eigenvalue weighted by Gasteiger charge is 2.13. The van der Waals surface area contributed by atoms with Crippen molar-refractivity contribution in [2.45, 2.75) is 0 Å². The molecule has 7 heteroatoms. The zero-order chi connectivity index (χ0) is 18.4. The molecule has 0 fully saturated rings. The minimum atomic E-state index is -1.09. The predicted octanol–water partition coefficient (Wildman–Crippen LogP) is 4.64. The van der Waals surface area contributed by atoms with Crippen molar-refractivity contribution in [3.63, 3.8) is 0 Å². The maximum atomic E-state index is 10.7. The average Bonchev–Trinajstić information content (AvgIpc) is 2.59. The summed E-state index contributed by atoms with van der Waals surface area (Å²) < 4.78 is 11.0. The molecule has 0 aliphatic rings. The number of ether oxygens (including phenoxy) is 2. The standard InChI is InChI=1S/C18H13BrClNO4/c1-24-16-8-11(7-15(19)18(16)25-10-17(22)23)6-13(9-21)12-2-4-14(20)5-3-12/h2-8H,10H2,1H3,(H,22,23)/b13-6+. The quantitative estimate of drug-likeness (QED) is 0.542. The molecule has 1 N–H and O–H groups in total. The Kier molecular flexibility index (Phi) is 6.45. The highest BCUT2D eigenvalue weighted by molar-refractivity contribution is 9.10. The monoisotopic (exact) mass is 421 g/mol. The molecule has 0 unspecified atom stereocenters. The van der Waals surface area contributed by atoms with Crippen LogP contribution in [0.2, 0.25) is 5.02 Å². The lowest BCUT2D eigenvalue weighted by atomic mass is 10.0. The van der Waals surface area contributed by atoms with Gasteiger partial charge in [-0.05, 0) is 57.4 Å². The van der Waals surface area contributed by atoms with Gasteiger partial charge in [-0.25, -0.2) is 4.79 Å². The molecule has 0 spiro atoms. The van der Waals surface area contributed by atoms with Gasteiger partial charge in [0.25, 0.3) is 0 Å². The molecule has 0 heterocycles. The smallest absolute Gasteiger partial charge is 0.341 e. The number of hydrogen-bond donors (Lipinski definition) is 1. The van der Waals surface area contributed by atoms with Crippen LogP contribution >= 0.6 is 27.5 Å². The van der Waals surface area contributed by atoms with Crippen molar-refractivity contribution < 1.29 is 19.4 Å². The van der Waals surface area contributed by atoms with Crippen LogP contribution in [0.25, 0.3) is 11.6 Å². The van der Waals surface area contributed by atoms with Crippen LogP contribution in [0, 0.1) is 11.3 Å². The molecular formula is C18H13BrClNO4. The van der Waals surface area contributed by atoms with Gasteiger partial charge in [-0.2, -0.15) is 5.26 Å². The molecule has 0 saturated carbocycles. The lowest BCUT2D eigenvalue weighted by Gasteiger charge is -2.12. The van der Waals surface area contributed by atoms with Crippen molar-refractivity contribution in [3.8, 4) is 17.6 Å². The molecule has 0 atom stereocenters. The Morgan fingerprint density at radius 2 is 2.04 bits per heavy atom. The number of methoxy groups -OCH3 is 1. The number of allylic oxidation sites excluding steroid dienone is 1. The van der Waals surface area contributed by atoms with E-state index in [-0.39, 0.29) is 5.75 Å². The van der Waals surface area contributed by atoms with Gasteiger partial charge >= 0.3 is 5.97 Å². The predicted molar refractivity (Wildman–Crippen MR) is 98.8 cm³/mol. The fraction of sp³-hybridized carbons (Fsp3) is 0.111. The Morgan fingerprint density at radius 1 is 1.36 bits per heavy atom. The van der Waals surface area contributed by atoms with Gasteiger partial charge in [0, 0.05) is 5.02 Å². The summed E-state index contributed by atoms with van der Waals surface area (Å²) >= 11 is 9.21. The van der Waals surface area contributed by atoms with Crippen molar-refractivity contribution in [1.29, 1.82) is 5.26 Å². The number of benzene rings is 2. The third-order valence-corrected chi connectivity index (χ3v) is 4.02. The topological polar surface area (TPSA) is 79.5 Å². The minimum absolute atomic E-state index is 0.284. The molecule has 0 amide bonds. The number of rotatable bonds is 6. The Labute approximate surface area is 158 Å². The van der Waals surface area contributed by atoms with Crippen LogP contribution in [-0.4, -0.2) is 24.8 Å². The van der Waals surface area contributed by atoms with Crippen molar-refractivity contribution >= 4 is 45.1 Å². The molecule has 2 aromatic carbocycles. The molecule has 0 saturated heterocycles. The Bertz CT molecular complexity index is 857. The summed E-state index contributed by atoms with van der Waals surface area (Å²) in [7, 11) is 1.45. The van der Waals surface area contributed by atoms with E-state index >= 15 is 0 Å². The molecule has 25 heavy (non-hydrogen) atoms. The van der Waals surface area contributed by atoms with Gasteiger partial charge in [-0.1, -0.05) is 23.7 Å². The van der Waals surface area contributed by atoms with E-state index in [1.165, 1.54) is 7.11 Å². The normalized spacial score (nSPS) is 10.9. The van der Waals surface area contributed by atoms with Crippen LogP contribution in [0.3, 0.4) is 0 Å². The van der Waals surface area contributed by atoms with Crippen LogP contribution in [0.4, 0.5) is 0 Å². The van der Waals surface area contributed by atoms with Gasteiger partial charge in [0.2, 0.25) is 0 Å². The summed E-state index contributed by atoms with van der Waals surface area (Å²) in [6, 6.07) is 12.5. The Balaban J connectivity index is 2.41. The van der Waals surface area contributed by atoms with Crippen LogP contribution in [0.15, 0.2) is 40.9 Å². The number of aliphatic carboxylic acids is 1. The first-order valence-electron chi connectivity index (χ1n) is 7.04. The van der Waals surface area contributed by atoms with Crippen LogP contribution < -0.4 is 9.47 Å². The molecule has 2 rings (SSSR count). The lowest BCUT2D eigenvalue weighted by Crippen LogP contribution is -2.10. The number of nitrogens with zero attached hydrogens (tertiary/aromatic N) is 1. The Hall–Kier alpha value is -2.49. The molecule has 0 aliphatic heterocycles. The van der Waals surface area contributed by atoms with Crippen molar-refractivity contribution in [3.05, 3.63) is 57.0 Å². The summed E-state index contributed by atoms with van der Waals surface area (Å²) in [4.78, 5) is 10.7. The van der Waals surface area contributed by atoms with Gasteiger partial charge in [0.15, 0.2) is 18.1 Å². The van der Waals surface area contributed by atoms with Gasteiger partial charge in [-0.15, -0.1) is 0 Å². The van der Waals surface area contributed by atoms with E-state index in [2.05, 4.69) is 22.0 Å². The summed E-state index contributed by atoms with van der Waals surface area (Å²) in [5.74, 6) is -0.449. The van der Waals surface area contributed by atoms with Crippen LogP contribution in [0.5, 0.6) is 11.5 Å². The van der Waals surface area contributed by atoms with Gasteiger partial charge in [0.05, 0.1) is 23.2 Å². The number of nitriles is 1. The van der Waals surface area contributed by atoms with Gasteiger partial charge in [-0.3, -0.25) is 0 Å². The maximum absolute atomic E-state index is 10.7. The molecule has 0 aliphatic carbocycles. The first-order chi connectivity index (χ1) is 11.9. The van der Waals surface area contributed by atoms with E-state index in [1.54, 1.807) is 42.5 Å². The maximum Gasteiger partial charge on any atom is 0.341 e. The SMILES string of the molecule is COc1cc(/C=C(\C#N)c2ccc(Cl)cc2)cc(Br)c1OCC(=O)O. The average molecular weight is 423 g/mol. The molecule has 5 nitrogen and oxygen atoms in total. The minimum Gasteiger partial charge on any atom is -0.493 e. The summed E-state index contributed by atoms with van der Waals surface area (Å²) in [6.07, 6.45) is 1.69. The van der Waals surface area contributed by atoms with Crippen molar-refractivity contribution in [2.75, 3.05) is 13.7 Å². The van der Waals surface area contributed by atoms with E-state index in [0.717, 1.165) is 5.56 Å². The molecule has 0 bridgehead atoms. The molecule has 128 valence electrons. The van der Waals surface area contributed by atoms with Crippen molar-refractivity contribution in [1.82, 2.24) is 0 Å². The second-order valence-corrected chi connectivity index (χ2v) is 6.18. The van der Waals surface area contributed by atoms with Crippen molar-refractivity contribution in [2.24, 2.45) is 0 Å². The molecular weight excluding hydrogens is 410 g/mol. The van der Waals surface area contributed by atoms with E-state index in [1.807, 2.05) is 0 Å². The number of hydrogen-bond acceptors (Lipinski definition) is 4. The fourth-order valence-corrected chi connectivity index (χ4v) is 2.77. The summed E-state index contributed by atoms with van der Waals surface area (Å²) in [5, 5.41) is 18.8. The zero-order valence-electron chi connectivity index (χ0n) is 13.1. The molecule has 0 aromatic heterocycles. The second-order valence-electron chi connectivity index (χ2n) is 4.89. The number of carboxylic acids is 1. The number of carbonyl (C=O) groups is 1. The first kappa shape index (κ1) is 18.8. The second kappa shape index (κ2) is 8.56. The van der Waals surface area contributed by atoms with Gasteiger partial charge in [0.1, 0.15) is 0 Å². The van der Waals surface area contributed by atoms with Crippen LogP contribution in [0.1, 0.15) is 11.1 Å². The summed E-state index contributed by atoms with van der Waals surface area (Å²) in [6.45, 7) is -0.488. The number of halogens is 2. The number of carboxylic acid groups (broad SMARTS) is 1. The fourth-order valence-electron chi connectivity index (χ4n) is 2.07. The van der Waals surface area contributed by atoms with Gasteiger partial charge < -0.3 is 14.6 Å². The highest BCUT2D eigenvalue weighted by Crippen LogP contribution is 2.37. The highest BCUT2D eigenvalue weighted by atomic mass is 79.9. The largest absolute Gasteiger partial charge is 0.493 e.